The molecule has 0 aliphatic carbocycles. The van der Waals surface area contributed by atoms with Gasteiger partial charge < -0.3 is 5.73 Å². The van der Waals surface area contributed by atoms with E-state index in [4.69, 9.17) is 5.73 Å². The first-order valence-electron chi connectivity index (χ1n) is 4.14. The number of anilines is 1. The van der Waals surface area contributed by atoms with Gasteiger partial charge in [-0.15, -0.1) is 5.10 Å². The minimum Gasteiger partial charge on any atom is -0.399 e. The molecule has 2 aromatic rings. The van der Waals surface area contributed by atoms with Gasteiger partial charge in [0.25, 0.3) is 0 Å². The summed E-state index contributed by atoms with van der Waals surface area (Å²) in [5.74, 6) is 0. The normalized spacial score (nSPS) is 10.4. The van der Waals surface area contributed by atoms with Crippen LogP contribution in [0.25, 0.3) is 0 Å². The van der Waals surface area contributed by atoms with E-state index in [1.54, 1.807) is 10.9 Å². The average Bonchev–Trinajstić information content (AvgIpc) is 2.62. The van der Waals surface area contributed by atoms with Crippen molar-refractivity contribution in [3.05, 3.63) is 40.6 Å². The van der Waals surface area contributed by atoms with Crippen LogP contribution in [-0.2, 0) is 6.54 Å². The van der Waals surface area contributed by atoms with Crippen LogP contribution >= 0.6 is 15.9 Å². The van der Waals surface area contributed by atoms with Crippen LogP contribution in [0.4, 0.5) is 5.69 Å². The van der Waals surface area contributed by atoms with E-state index in [1.165, 1.54) is 0 Å². The summed E-state index contributed by atoms with van der Waals surface area (Å²) in [4.78, 5) is 0. The molecular formula is C9H9BrN4. The van der Waals surface area contributed by atoms with Gasteiger partial charge in [0, 0.05) is 16.4 Å². The molecule has 0 aliphatic heterocycles. The van der Waals surface area contributed by atoms with Gasteiger partial charge in [-0.05, 0) is 17.7 Å². The first-order valence-corrected chi connectivity index (χ1v) is 4.93. The zero-order valence-corrected chi connectivity index (χ0v) is 8.98. The van der Waals surface area contributed by atoms with E-state index in [1.807, 2.05) is 24.4 Å². The predicted molar refractivity (Wildman–Crippen MR) is 57.7 cm³/mol. The molecule has 2 rings (SSSR count). The predicted octanol–water partition coefficient (Wildman–Crippen LogP) is 1.67. The van der Waals surface area contributed by atoms with Crippen LogP contribution in [0, 0.1) is 0 Å². The summed E-state index contributed by atoms with van der Waals surface area (Å²) in [5, 5.41) is 7.63. The van der Waals surface area contributed by atoms with E-state index < -0.39 is 0 Å². The molecule has 0 radical (unpaired) electrons. The highest BCUT2D eigenvalue weighted by atomic mass is 79.9. The monoisotopic (exact) mass is 252 g/mol. The van der Waals surface area contributed by atoms with Crippen molar-refractivity contribution in [2.24, 2.45) is 0 Å². The number of benzene rings is 1. The number of nitrogen functional groups attached to an aromatic ring is 1. The number of rotatable bonds is 2. The van der Waals surface area contributed by atoms with Crippen molar-refractivity contribution in [2.45, 2.75) is 6.54 Å². The lowest BCUT2D eigenvalue weighted by Crippen LogP contribution is -2.01. The van der Waals surface area contributed by atoms with Crippen molar-refractivity contribution in [3.63, 3.8) is 0 Å². The maximum Gasteiger partial charge on any atom is 0.0693 e. The van der Waals surface area contributed by atoms with Gasteiger partial charge in [0.2, 0.25) is 0 Å². The van der Waals surface area contributed by atoms with Gasteiger partial charge in [-0.25, -0.2) is 4.68 Å². The minimum atomic E-state index is 0.695. The molecule has 0 unspecified atom stereocenters. The zero-order valence-electron chi connectivity index (χ0n) is 7.39. The second-order valence-electron chi connectivity index (χ2n) is 2.95. The summed E-state index contributed by atoms with van der Waals surface area (Å²) in [6.45, 7) is 0.695. The van der Waals surface area contributed by atoms with Crippen molar-refractivity contribution in [1.82, 2.24) is 15.0 Å². The van der Waals surface area contributed by atoms with Gasteiger partial charge in [0.1, 0.15) is 0 Å². The Bertz CT molecular complexity index is 424. The molecule has 0 amide bonds. The molecule has 4 nitrogen and oxygen atoms in total. The SMILES string of the molecule is Nc1ccc(Cn2ccnn2)c(Br)c1. The average molecular weight is 253 g/mol. The van der Waals surface area contributed by atoms with Gasteiger partial charge >= 0.3 is 0 Å². The van der Waals surface area contributed by atoms with Crippen LogP contribution in [0.2, 0.25) is 0 Å². The summed E-state index contributed by atoms with van der Waals surface area (Å²) < 4.78 is 2.75. The summed E-state index contributed by atoms with van der Waals surface area (Å²) in [6, 6.07) is 5.73. The molecule has 14 heavy (non-hydrogen) atoms. The Morgan fingerprint density at radius 2 is 2.29 bits per heavy atom. The number of aromatic nitrogens is 3. The number of nitrogens with two attached hydrogens (primary N) is 1. The fourth-order valence-corrected chi connectivity index (χ4v) is 1.71. The first kappa shape index (κ1) is 9.21. The van der Waals surface area contributed by atoms with E-state index in [0.29, 0.717) is 6.54 Å². The van der Waals surface area contributed by atoms with Crippen molar-refractivity contribution in [3.8, 4) is 0 Å². The molecular weight excluding hydrogens is 244 g/mol. The number of hydrogen-bond donors (Lipinski definition) is 1. The molecule has 0 spiro atoms. The van der Waals surface area contributed by atoms with Crippen LogP contribution in [0.15, 0.2) is 35.1 Å². The van der Waals surface area contributed by atoms with Gasteiger partial charge in [-0.3, -0.25) is 0 Å². The lowest BCUT2D eigenvalue weighted by molar-refractivity contribution is 0.648. The molecule has 5 heteroatoms. The molecule has 72 valence electrons. The summed E-state index contributed by atoms with van der Waals surface area (Å²) in [5.41, 5.74) is 7.51. The molecule has 1 aromatic heterocycles. The molecule has 1 heterocycles. The topological polar surface area (TPSA) is 56.7 Å². The Morgan fingerprint density at radius 3 is 2.93 bits per heavy atom. The van der Waals surface area contributed by atoms with Crippen molar-refractivity contribution in [2.75, 3.05) is 5.73 Å². The summed E-state index contributed by atoms with van der Waals surface area (Å²) in [6.07, 6.45) is 3.48. The van der Waals surface area contributed by atoms with Gasteiger partial charge in [-0.1, -0.05) is 27.2 Å². The van der Waals surface area contributed by atoms with E-state index in [2.05, 4.69) is 26.2 Å². The van der Waals surface area contributed by atoms with E-state index in [0.717, 1.165) is 15.7 Å². The largest absolute Gasteiger partial charge is 0.399 e. The smallest absolute Gasteiger partial charge is 0.0693 e. The van der Waals surface area contributed by atoms with E-state index >= 15 is 0 Å². The Balaban J connectivity index is 2.25. The third-order valence-electron chi connectivity index (χ3n) is 1.88. The lowest BCUT2D eigenvalue weighted by Gasteiger charge is -2.04. The highest BCUT2D eigenvalue weighted by molar-refractivity contribution is 9.10. The van der Waals surface area contributed by atoms with Crippen LogP contribution in [-0.4, -0.2) is 15.0 Å². The molecule has 0 saturated heterocycles. The third kappa shape index (κ3) is 1.93. The van der Waals surface area contributed by atoms with Crippen LogP contribution in [0.1, 0.15) is 5.56 Å². The van der Waals surface area contributed by atoms with Crippen molar-refractivity contribution >= 4 is 21.6 Å². The molecule has 0 bridgehead atoms. The highest BCUT2D eigenvalue weighted by Gasteiger charge is 2.01. The standard InChI is InChI=1S/C9H9BrN4/c10-9-5-8(11)2-1-7(9)6-14-4-3-12-13-14/h1-5H,6,11H2. The summed E-state index contributed by atoms with van der Waals surface area (Å²) in [7, 11) is 0. The molecule has 2 N–H and O–H groups in total. The van der Waals surface area contributed by atoms with E-state index in [-0.39, 0.29) is 0 Å². The number of nitrogens with zero attached hydrogens (tertiary/aromatic N) is 3. The Labute approximate surface area is 89.9 Å². The second kappa shape index (κ2) is 3.79. The Kier molecular flexibility index (Phi) is 2.49. The zero-order chi connectivity index (χ0) is 9.97. The second-order valence-corrected chi connectivity index (χ2v) is 3.81. The Hall–Kier alpha value is -1.36. The first-order chi connectivity index (χ1) is 6.75. The van der Waals surface area contributed by atoms with Gasteiger partial charge in [0.05, 0.1) is 12.7 Å². The Morgan fingerprint density at radius 1 is 1.43 bits per heavy atom. The van der Waals surface area contributed by atoms with Crippen molar-refractivity contribution in [1.29, 1.82) is 0 Å². The van der Waals surface area contributed by atoms with Gasteiger partial charge in [0.15, 0.2) is 0 Å². The fraction of sp³-hybridized carbons (Fsp3) is 0.111. The maximum atomic E-state index is 5.64. The molecule has 0 saturated carbocycles. The molecule has 0 fully saturated rings. The maximum absolute atomic E-state index is 5.64. The molecule has 0 atom stereocenters. The number of hydrogen-bond acceptors (Lipinski definition) is 3. The van der Waals surface area contributed by atoms with Crippen molar-refractivity contribution < 1.29 is 0 Å². The molecule has 1 aromatic carbocycles. The molecule has 0 aliphatic rings. The van der Waals surface area contributed by atoms with E-state index in [9.17, 15) is 0 Å². The van der Waals surface area contributed by atoms with Crippen LogP contribution in [0.5, 0.6) is 0 Å². The number of halogens is 1. The third-order valence-corrected chi connectivity index (χ3v) is 2.62. The fourth-order valence-electron chi connectivity index (χ4n) is 1.18. The summed E-state index contributed by atoms with van der Waals surface area (Å²) >= 11 is 3.45. The lowest BCUT2D eigenvalue weighted by atomic mass is 10.2. The van der Waals surface area contributed by atoms with Crippen LogP contribution < -0.4 is 5.73 Å². The quantitative estimate of drug-likeness (QED) is 0.828. The van der Waals surface area contributed by atoms with Gasteiger partial charge in [-0.2, -0.15) is 0 Å². The van der Waals surface area contributed by atoms with Crippen LogP contribution in [0.3, 0.4) is 0 Å². The minimum absolute atomic E-state index is 0.695. The highest BCUT2D eigenvalue weighted by Crippen LogP contribution is 2.20.